The molecule has 0 atom stereocenters. The number of thiazole rings is 1. The fourth-order valence-corrected chi connectivity index (χ4v) is 6.39. The highest BCUT2D eigenvalue weighted by molar-refractivity contribution is 7.89. The molecule has 2 heterocycles. The maximum absolute atomic E-state index is 14.2. The normalized spacial score (nSPS) is 14.2. The van der Waals surface area contributed by atoms with Crippen LogP contribution >= 0.6 is 11.3 Å². The summed E-state index contributed by atoms with van der Waals surface area (Å²) >= 11 is 1.33. The van der Waals surface area contributed by atoms with E-state index in [9.17, 15) is 17.6 Å². The fourth-order valence-electron chi connectivity index (χ4n) is 4.02. The summed E-state index contributed by atoms with van der Waals surface area (Å²) in [5.74, 6) is -0.711. The Labute approximate surface area is 207 Å². The molecular weight excluding hydrogens is 485 g/mol. The van der Waals surface area contributed by atoms with E-state index in [0.717, 1.165) is 12.8 Å². The lowest BCUT2D eigenvalue weighted by Gasteiger charge is -2.15. The van der Waals surface area contributed by atoms with Crippen molar-refractivity contribution in [3.63, 3.8) is 0 Å². The van der Waals surface area contributed by atoms with Gasteiger partial charge >= 0.3 is 0 Å². The molecule has 178 valence electrons. The molecule has 1 fully saturated rings. The number of halogens is 1. The molecule has 9 heteroatoms. The highest BCUT2D eigenvalue weighted by Gasteiger charge is 2.27. The SMILES string of the molecule is O=C(Nc1ccccc1-c1csc(-c2ccccc2F)n1)c1ccc(S(=O)(=O)N2CCCC2)cc1. The van der Waals surface area contributed by atoms with Gasteiger partial charge in [0.15, 0.2) is 0 Å². The number of sulfonamides is 1. The molecule has 1 aromatic heterocycles. The number of aromatic nitrogens is 1. The average Bonchev–Trinajstić information content (AvgIpc) is 3.58. The largest absolute Gasteiger partial charge is 0.321 e. The van der Waals surface area contributed by atoms with Crippen molar-refractivity contribution in [2.45, 2.75) is 17.7 Å². The lowest BCUT2D eigenvalue weighted by molar-refractivity contribution is 0.102. The van der Waals surface area contributed by atoms with Crippen molar-refractivity contribution in [3.05, 3.63) is 89.6 Å². The Morgan fingerprint density at radius 1 is 0.914 bits per heavy atom. The predicted molar refractivity (Wildman–Crippen MR) is 135 cm³/mol. The number of hydrogen-bond donors (Lipinski definition) is 1. The summed E-state index contributed by atoms with van der Waals surface area (Å²) in [6, 6.07) is 19.7. The Morgan fingerprint density at radius 3 is 2.29 bits per heavy atom. The minimum Gasteiger partial charge on any atom is -0.321 e. The second-order valence-corrected chi connectivity index (χ2v) is 10.9. The monoisotopic (exact) mass is 507 g/mol. The molecule has 0 aliphatic carbocycles. The molecule has 4 aromatic rings. The fraction of sp³-hybridized carbons (Fsp3) is 0.154. The number of hydrogen-bond acceptors (Lipinski definition) is 5. The summed E-state index contributed by atoms with van der Waals surface area (Å²) in [6.45, 7) is 1.05. The minimum absolute atomic E-state index is 0.180. The van der Waals surface area contributed by atoms with Crippen LogP contribution in [-0.2, 0) is 10.0 Å². The van der Waals surface area contributed by atoms with Crippen LogP contribution in [0.5, 0.6) is 0 Å². The summed E-state index contributed by atoms with van der Waals surface area (Å²) < 4.78 is 41.1. The number of para-hydroxylation sites is 1. The van der Waals surface area contributed by atoms with E-state index in [1.165, 1.54) is 46.0 Å². The average molecular weight is 508 g/mol. The first kappa shape index (κ1) is 23.3. The van der Waals surface area contributed by atoms with Crippen LogP contribution < -0.4 is 5.32 Å². The topological polar surface area (TPSA) is 79.4 Å². The Bertz CT molecular complexity index is 1480. The van der Waals surface area contributed by atoms with Gasteiger partial charge in [-0.1, -0.05) is 30.3 Å². The van der Waals surface area contributed by atoms with E-state index in [1.54, 1.807) is 30.3 Å². The Kier molecular flexibility index (Phi) is 6.46. The first-order valence-electron chi connectivity index (χ1n) is 11.1. The van der Waals surface area contributed by atoms with Crippen molar-refractivity contribution in [2.75, 3.05) is 18.4 Å². The summed E-state index contributed by atoms with van der Waals surface area (Å²) in [6.07, 6.45) is 1.72. The molecule has 5 rings (SSSR count). The molecule has 1 aliphatic heterocycles. The molecule has 1 aliphatic rings. The molecule has 0 radical (unpaired) electrons. The molecule has 1 saturated heterocycles. The van der Waals surface area contributed by atoms with Crippen molar-refractivity contribution in [1.82, 2.24) is 9.29 Å². The number of carbonyl (C=O) groups excluding carboxylic acids is 1. The molecule has 6 nitrogen and oxygen atoms in total. The number of carbonyl (C=O) groups is 1. The lowest BCUT2D eigenvalue weighted by atomic mass is 10.1. The van der Waals surface area contributed by atoms with Gasteiger partial charge in [-0.3, -0.25) is 4.79 Å². The van der Waals surface area contributed by atoms with Crippen molar-refractivity contribution >= 4 is 33.0 Å². The summed E-state index contributed by atoms with van der Waals surface area (Å²) in [5.41, 5.74) is 2.64. The van der Waals surface area contributed by atoms with Crippen LogP contribution in [0, 0.1) is 5.82 Å². The predicted octanol–water partition coefficient (Wildman–Crippen LogP) is 5.65. The van der Waals surface area contributed by atoms with Crippen molar-refractivity contribution in [1.29, 1.82) is 0 Å². The van der Waals surface area contributed by atoms with Crippen molar-refractivity contribution in [2.24, 2.45) is 0 Å². The molecule has 35 heavy (non-hydrogen) atoms. The highest BCUT2D eigenvalue weighted by Crippen LogP contribution is 2.34. The second kappa shape index (κ2) is 9.69. The number of rotatable bonds is 6. The van der Waals surface area contributed by atoms with Crippen molar-refractivity contribution in [3.8, 4) is 21.8 Å². The molecule has 0 bridgehead atoms. The van der Waals surface area contributed by atoms with Gasteiger partial charge < -0.3 is 5.32 Å². The van der Waals surface area contributed by atoms with E-state index in [4.69, 9.17) is 0 Å². The zero-order valence-corrected chi connectivity index (χ0v) is 20.3. The van der Waals surface area contributed by atoms with Crippen LogP contribution in [0.3, 0.4) is 0 Å². The first-order valence-corrected chi connectivity index (χ1v) is 13.5. The van der Waals surface area contributed by atoms with Gasteiger partial charge in [-0.25, -0.2) is 17.8 Å². The number of anilines is 1. The molecule has 0 spiro atoms. The Balaban J connectivity index is 1.37. The summed E-state index contributed by atoms with van der Waals surface area (Å²) in [7, 11) is -3.54. The van der Waals surface area contributed by atoms with Gasteiger partial charge in [-0.15, -0.1) is 11.3 Å². The van der Waals surface area contributed by atoms with E-state index in [2.05, 4.69) is 10.3 Å². The third-order valence-electron chi connectivity index (χ3n) is 5.88. The van der Waals surface area contributed by atoms with E-state index in [0.29, 0.717) is 46.2 Å². The maximum atomic E-state index is 14.2. The van der Waals surface area contributed by atoms with Gasteiger partial charge in [0.25, 0.3) is 5.91 Å². The third-order valence-corrected chi connectivity index (χ3v) is 8.67. The number of nitrogens with zero attached hydrogens (tertiary/aromatic N) is 2. The quantitative estimate of drug-likeness (QED) is 0.366. The Morgan fingerprint density at radius 2 is 1.57 bits per heavy atom. The van der Waals surface area contributed by atoms with Crippen LogP contribution in [-0.4, -0.2) is 36.7 Å². The van der Waals surface area contributed by atoms with Crippen LogP contribution in [0.1, 0.15) is 23.2 Å². The van der Waals surface area contributed by atoms with E-state index in [1.807, 2.05) is 17.5 Å². The molecule has 0 saturated carbocycles. The van der Waals surface area contributed by atoms with Crippen molar-refractivity contribution < 1.29 is 17.6 Å². The molecule has 3 aromatic carbocycles. The van der Waals surface area contributed by atoms with E-state index < -0.39 is 10.0 Å². The Hall–Kier alpha value is -3.40. The van der Waals surface area contributed by atoms with Crippen LogP contribution in [0.25, 0.3) is 21.8 Å². The zero-order chi connectivity index (χ0) is 24.4. The molecular formula is C26H22FN3O3S2. The lowest BCUT2D eigenvalue weighted by Crippen LogP contribution is -2.27. The maximum Gasteiger partial charge on any atom is 0.255 e. The van der Waals surface area contributed by atoms with Crippen LogP contribution in [0.4, 0.5) is 10.1 Å². The number of benzene rings is 3. The van der Waals surface area contributed by atoms with Gasteiger partial charge in [-0.05, 0) is 55.3 Å². The summed E-state index contributed by atoms with van der Waals surface area (Å²) in [4.78, 5) is 17.7. The van der Waals surface area contributed by atoms with Gasteiger partial charge in [0.05, 0.1) is 16.3 Å². The summed E-state index contributed by atoms with van der Waals surface area (Å²) in [5, 5.41) is 5.26. The first-order chi connectivity index (χ1) is 16.9. The van der Waals surface area contributed by atoms with Gasteiger partial charge in [0.1, 0.15) is 10.8 Å². The standard InChI is InChI=1S/C26H22FN3O3S2/c27-22-9-3-1-7-20(22)26-29-24(17-34-26)21-8-2-4-10-23(21)28-25(31)18-11-13-19(14-12-18)35(32,33)30-15-5-6-16-30/h1-4,7-14,17H,5-6,15-16H2,(H,28,31). The van der Waals surface area contributed by atoms with Gasteiger partial charge in [-0.2, -0.15) is 4.31 Å². The van der Waals surface area contributed by atoms with Crippen LogP contribution in [0.15, 0.2) is 83.1 Å². The smallest absolute Gasteiger partial charge is 0.255 e. The van der Waals surface area contributed by atoms with Crippen LogP contribution in [0.2, 0.25) is 0 Å². The van der Waals surface area contributed by atoms with E-state index >= 15 is 0 Å². The van der Waals surface area contributed by atoms with Gasteiger partial charge in [0.2, 0.25) is 10.0 Å². The second-order valence-electron chi connectivity index (χ2n) is 8.15. The molecule has 0 unspecified atom stereocenters. The molecule has 1 amide bonds. The van der Waals surface area contributed by atoms with E-state index in [-0.39, 0.29) is 16.6 Å². The number of amides is 1. The highest BCUT2D eigenvalue weighted by atomic mass is 32.2. The minimum atomic E-state index is -3.54. The van der Waals surface area contributed by atoms with Gasteiger partial charge in [0, 0.05) is 35.2 Å². The third kappa shape index (κ3) is 4.75. The zero-order valence-electron chi connectivity index (χ0n) is 18.6. The number of nitrogens with one attached hydrogen (secondary N) is 1. The molecule has 1 N–H and O–H groups in total.